The molecule has 5 nitrogen and oxygen atoms in total. The quantitative estimate of drug-likeness (QED) is 0.618. The molecule has 0 atom stereocenters. The molecule has 0 aromatic carbocycles. The van der Waals surface area contributed by atoms with Crippen LogP contribution >= 0.6 is 0 Å². The summed E-state index contributed by atoms with van der Waals surface area (Å²) in [6.45, 7) is 5.32. The first kappa shape index (κ1) is 11.9. The first-order valence-corrected chi connectivity index (χ1v) is 4.00. The van der Waals surface area contributed by atoms with Crippen LogP contribution in [0.1, 0.15) is 20.8 Å². The number of ether oxygens (including phenoxy) is 1. The summed E-state index contributed by atoms with van der Waals surface area (Å²) in [6.07, 6.45) is 0. The van der Waals surface area contributed by atoms with Crippen molar-refractivity contribution in [2.75, 3.05) is 13.2 Å². The average molecular weight is 188 g/mol. The minimum atomic E-state index is -0.566. The Kier molecular flexibility index (Phi) is 4.40. The van der Waals surface area contributed by atoms with E-state index in [0.717, 1.165) is 0 Å². The Balaban J connectivity index is 3.58. The van der Waals surface area contributed by atoms with Gasteiger partial charge >= 0.3 is 0 Å². The second-order valence-corrected chi connectivity index (χ2v) is 3.64. The third-order valence-electron chi connectivity index (χ3n) is 1.10. The van der Waals surface area contributed by atoms with Gasteiger partial charge in [-0.3, -0.25) is 9.59 Å². The molecule has 0 aliphatic rings. The van der Waals surface area contributed by atoms with Gasteiger partial charge in [0.05, 0.1) is 12.1 Å². The fourth-order valence-corrected chi connectivity index (χ4v) is 0.519. The minimum absolute atomic E-state index is 0.0587. The van der Waals surface area contributed by atoms with Crippen molar-refractivity contribution >= 4 is 11.8 Å². The van der Waals surface area contributed by atoms with Crippen molar-refractivity contribution in [2.45, 2.75) is 26.4 Å². The highest BCUT2D eigenvalue weighted by Crippen LogP contribution is 2.05. The Hall–Kier alpha value is -1.10. The molecule has 5 heteroatoms. The molecule has 0 radical (unpaired) electrons. The Morgan fingerprint density at radius 2 is 1.92 bits per heavy atom. The van der Waals surface area contributed by atoms with Crippen LogP contribution in [0.5, 0.6) is 0 Å². The lowest BCUT2D eigenvalue weighted by Gasteiger charge is -2.18. The molecule has 13 heavy (non-hydrogen) atoms. The van der Waals surface area contributed by atoms with E-state index in [0.29, 0.717) is 0 Å². The van der Waals surface area contributed by atoms with Gasteiger partial charge in [-0.15, -0.1) is 0 Å². The standard InChI is InChI=1S/C8H16N2O3/c1-8(2,3)13-5-7(12)10-4-6(9)11/h4-5H2,1-3H3,(H2,9,11)(H,10,12). The van der Waals surface area contributed by atoms with Crippen LogP contribution in [0.25, 0.3) is 0 Å². The number of rotatable bonds is 4. The summed E-state index contributed by atoms with van der Waals surface area (Å²) in [5.74, 6) is -0.905. The van der Waals surface area contributed by atoms with Crippen LogP contribution in [-0.2, 0) is 14.3 Å². The fraction of sp³-hybridized carbons (Fsp3) is 0.750. The van der Waals surface area contributed by atoms with Crippen LogP contribution < -0.4 is 11.1 Å². The van der Waals surface area contributed by atoms with E-state index in [1.807, 2.05) is 20.8 Å². The molecule has 0 heterocycles. The van der Waals surface area contributed by atoms with E-state index in [-0.39, 0.29) is 24.7 Å². The smallest absolute Gasteiger partial charge is 0.246 e. The van der Waals surface area contributed by atoms with Gasteiger partial charge in [-0.25, -0.2) is 0 Å². The van der Waals surface area contributed by atoms with Gasteiger partial charge in [0.15, 0.2) is 0 Å². The average Bonchev–Trinajstić information content (AvgIpc) is 1.95. The molecule has 76 valence electrons. The van der Waals surface area contributed by atoms with E-state index in [2.05, 4.69) is 5.32 Å². The third kappa shape index (κ3) is 8.81. The number of amides is 2. The molecule has 0 rings (SSSR count). The normalized spacial score (nSPS) is 11.0. The van der Waals surface area contributed by atoms with Gasteiger partial charge in [0.1, 0.15) is 6.61 Å². The number of nitrogens with two attached hydrogens (primary N) is 1. The summed E-state index contributed by atoms with van der Waals surface area (Å²) in [5, 5.41) is 2.32. The molecule has 0 fully saturated rings. The third-order valence-corrected chi connectivity index (χ3v) is 1.10. The largest absolute Gasteiger partial charge is 0.368 e. The Morgan fingerprint density at radius 1 is 1.38 bits per heavy atom. The highest BCUT2D eigenvalue weighted by Gasteiger charge is 2.12. The number of nitrogens with one attached hydrogen (secondary N) is 1. The van der Waals surface area contributed by atoms with Gasteiger partial charge in [0.2, 0.25) is 11.8 Å². The zero-order valence-electron chi connectivity index (χ0n) is 8.22. The molecule has 0 spiro atoms. The summed E-state index contributed by atoms with van der Waals surface area (Å²) in [4.78, 5) is 21.2. The first-order valence-electron chi connectivity index (χ1n) is 4.00. The summed E-state index contributed by atoms with van der Waals surface area (Å²) >= 11 is 0. The van der Waals surface area contributed by atoms with Crippen molar-refractivity contribution in [3.8, 4) is 0 Å². The molecule has 0 saturated carbocycles. The van der Waals surface area contributed by atoms with Crippen LogP contribution in [0.4, 0.5) is 0 Å². The van der Waals surface area contributed by atoms with Crippen molar-refractivity contribution in [3.05, 3.63) is 0 Å². The zero-order chi connectivity index (χ0) is 10.5. The number of carbonyl (C=O) groups is 2. The van der Waals surface area contributed by atoms with Crippen LogP contribution in [-0.4, -0.2) is 30.6 Å². The molecule has 2 amide bonds. The maximum Gasteiger partial charge on any atom is 0.246 e. The van der Waals surface area contributed by atoms with Crippen molar-refractivity contribution in [1.82, 2.24) is 5.32 Å². The first-order chi connectivity index (χ1) is 5.81. The summed E-state index contributed by atoms with van der Waals surface area (Å²) in [5.41, 5.74) is 4.47. The molecule has 0 aromatic rings. The number of primary amides is 1. The van der Waals surface area contributed by atoms with Gasteiger partial charge in [0.25, 0.3) is 0 Å². The predicted molar refractivity (Wildman–Crippen MR) is 47.9 cm³/mol. The van der Waals surface area contributed by atoms with E-state index in [4.69, 9.17) is 10.5 Å². The van der Waals surface area contributed by atoms with Crippen LogP contribution in [0.2, 0.25) is 0 Å². The lowest BCUT2D eigenvalue weighted by molar-refractivity contribution is -0.132. The fourth-order valence-electron chi connectivity index (χ4n) is 0.519. The van der Waals surface area contributed by atoms with Crippen molar-refractivity contribution in [2.24, 2.45) is 5.73 Å². The Bertz CT molecular complexity index is 196. The summed E-state index contributed by atoms with van der Waals surface area (Å²) in [7, 11) is 0. The van der Waals surface area contributed by atoms with E-state index in [1.54, 1.807) is 0 Å². The lowest BCUT2D eigenvalue weighted by Crippen LogP contribution is -2.37. The van der Waals surface area contributed by atoms with Crippen LogP contribution in [0, 0.1) is 0 Å². The van der Waals surface area contributed by atoms with Gasteiger partial charge < -0.3 is 15.8 Å². The molecule has 0 aromatic heterocycles. The summed E-state index contributed by atoms with van der Waals surface area (Å²) < 4.78 is 5.16. The summed E-state index contributed by atoms with van der Waals surface area (Å²) in [6, 6.07) is 0. The van der Waals surface area contributed by atoms with E-state index in [9.17, 15) is 9.59 Å². The zero-order valence-corrected chi connectivity index (χ0v) is 8.22. The molecular weight excluding hydrogens is 172 g/mol. The molecular formula is C8H16N2O3. The van der Waals surface area contributed by atoms with E-state index >= 15 is 0 Å². The van der Waals surface area contributed by atoms with Gasteiger partial charge in [-0.1, -0.05) is 0 Å². The maximum atomic E-state index is 11.0. The molecule has 0 aliphatic heterocycles. The van der Waals surface area contributed by atoms with Crippen LogP contribution in [0.3, 0.4) is 0 Å². The molecule has 0 saturated heterocycles. The molecule has 0 aliphatic carbocycles. The highest BCUT2D eigenvalue weighted by atomic mass is 16.5. The lowest BCUT2D eigenvalue weighted by atomic mass is 10.2. The van der Waals surface area contributed by atoms with E-state index in [1.165, 1.54) is 0 Å². The topological polar surface area (TPSA) is 81.4 Å². The number of hydrogen-bond acceptors (Lipinski definition) is 3. The maximum absolute atomic E-state index is 11.0. The van der Waals surface area contributed by atoms with Gasteiger partial charge in [-0.05, 0) is 20.8 Å². The predicted octanol–water partition coefficient (Wildman–Crippen LogP) is -0.597. The van der Waals surface area contributed by atoms with Crippen molar-refractivity contribution in [3.63, 3.8) is 0 Å². The van der Waals surface area contributed by atoms with Gasteiger partial charge in [-0.2, -0.15) is 0 Å². The second-order valence-electron chi connectivity index (χ2n) is 3.64. The molecule has 0 bridgehead atoms. The highest BCUT2D eigenvalue weighted by molar-refractivity contribution is 5.84. The SMILES string of the molecule is CC(C)(C)OCC(=O)NCC(N)=O. The second kappa shape index (κ2) is 4.81. The van der Waals surface area contributed by atoms with Crippen LogP contribution in [0.15, 0.2) is 0 Å². The van der Waals surface area contributed by atoms with Crippen molar-refractivity contribution in [1.29, 1.82) is 0 Å². The Labute approximate surface area is 77.6 Å². The number of hydrogen-bond donors (Lipinski definition) is 2. The van der Waals surface area contributed by atoms with E-state index < -0.39 is 5.91 Å². The Morgan fingerprint density at radius 3 is 2.31 bits per heavy atom. The van der Waals surface area contributed by atoms with Crippen molar-refractivity contribution < 1.29 is 14.3 Å². The molecule has 0 unspecified atom stereocenters. The minimum Gasteiger partial charge on any atom is -0.368 e. The number of carbonyl (C=O) groups excluding carboxylic acids is 2. The van der Waals surface area contributed by atoms with Gasteiger partial charge in [0, 0.05) is 0 Å². The monoisotopic (exact) mass is 188 g/mol. The molecule has 3 N–H and O–H groups in total.